The predicted molar refractivity (Wildman–Crippen MR) is 118 cm³/mol. The molecule has 0 spiro atoms. The summed E-state index contributed by atoms with van der Waals surface area (Å²) in [7, 11) is 0. The van der Waals surface area contributed by atoms with Crippen LogP contribution >= 0.6 is 0 Å². The van der Waals surface area contributed by atoms with Crippen molar-refractivity contribution in [2.75, 3.05) is 0 Å². The Hall–Kier alpha value is -3.47. The largest absolute Gasteiger partial charge is 0.481 e. The number of aryl methyl sites for hydroxylation is 2. The van der Waals surface area contributed by atoms with Crippen LogP contribution in [0.4, 0.5) is 0 Å². The van der Waals surface area contributed by atoms with Gasteiger partial charge in [0.1, 0.15) is 0 Å². The van der Waals surface area contributed by atoms with E-state index in [0.717, 1.165) is 16.7 Å². The minimum atomic E-state index is -0.779. The van der Waals surface area contributed by atoms with Crippen LogP contribution in [0.25, 0.3) is 12.3 Å². The lowest BCUT2D eigenvalue weighted by Crippen LogP contribution is -2.24. The molecule has 0 saturated carbocycles. The van der Waals surface area contributed by atoms with Gasteiger partial charge in [0.05, 0.1) is 5.41 Å². The van der Waals surface area contributed by atoms with E-state index >= 15 is 0 Å². The van der Waals surface area contributed by atoms with Crippen LogP contribution < -0.4 is 0 Å². The summed E-state index contributed by atoms with van der Waals surface area (Å²) >= 11 is 0. The highest BCUT2D eigenvalue weighted by atomic mass is 16.4. The second kappa shape index (κ2) is 8.91. The zero-order valence-electron chi connectivity index (χ0n) is 17.5. The molecule has 0 unspecified atom stereocenters. The second-order valence-electron chi connectivity index (χ2n) is 8.10. The molecule has 0 atom stereocenters. The lowest BCUT2D eigenvalue weighted by Gasteiger charge is -2.18. The number of aliphatic carboxylic acids is 1. The molecule has 0 aliphatic rings. The van der Waals surface area contributed by atoms with Crippen LogP contribution in [-0.4, -0.2) is 26.4 Å². The van der Waals surface area contributed by atoms with Gasteiger partial charge in [-0.15, -0.1) is 0 Å². The van der Waals surface area contributed by atoms with Crippen LogP contribution in [0.3, 0.4) is 0 Å². The lowest BCUT2D eigenvalue weighted by atomic mass is 9.86. The number of hydrogen-bond donors (Lipinski definition) is 1. The van der Waals surface area contributed by atoms with E-state index in [9.17, 15) is 14.7 Å². The van der Waals surface area contributed by atoms with E-state index in [1.165, 1.54) is 0 Å². The van der Waals surface area contributed by atoms with Gasteiger partial charge < -0.3 is 9.67 Å². The summed E-state index contributed by atoms with van der Waals surface area (Å²) in [5, 5.41) is 9.23. The SMILES string of the molecule is Cc1ccc(C(=O)c2nccn2/C=C/c2ccc(CCC(C)(C)C(=O)O)cc2)cc1. The first kappa shape index (κ1) is 21.2. The van der Waals surface area contributed by atoms with Gasteiger partial charge in [-0.2, -0.15) is 0 Å². The van der Waals surface area contributed by atoms with Crippen molar-refractivity contribution < 1.29 is 14.7 Å². The lowest BCUT2D eigenvalue weighted by molar-refractivity contribution is -0.147. The van der Waals surface area contributed by atoms with Crippen molar-refractivity contribution in [1.29, 1.82) is 0 Å². The number of carbonyl (C=O) groups excluding carboxylic acids is 1. The third-order valence-corrected chi connectivity index (χ3v) is 5.21. The number of carboxylic acid groups (broad SMARTS) is 1. The average molecular weight is 402 g/mol. The summed E-state index contributed by atoms with van der Waals surface area (Å²) in [6.45, 7) is 5.47. The molecule has 0 aliphatic heterocycles. The molecule has 0 fully saturated rings. The first-order valence-corrected chi connectivity index (χ1v) is 9.91. The van der Waals surface area contributed by atoms with Gasteiger partial charge in [-0.05, 0) is 50.8 Å². The van der Waals surface area contributed by atoms with E-state index in [4.69, 9.17) is 0 Å². The van der Waals surface area contributed by atoms with Gasteiger partial charge >= 0.3 is 5.97 Å². The molecule has 30 heavy (non-hydrogen) atoms. The van der Waals surface area contributed by atoms with E-state index < -0.39 is 11.4 Å². The van der Waals surface area contributed by atoms with Crippen molar-refractivity contribution in [3.8, 4) is 0 Å². The highest BCUT2D eigenvalue weighted by Gasteiger charge is 2.26. The number of carboxylic acids is 1. The van der Waals surface area contributed by atoms with Gasteiger partial charge in [0.25, 0.3) is 0 Å². The minimum absolute atomic E-state index is 0.124. The average Bonchev–Trinajstić information content (AvgIpc) is 3.20. The molecule has 0 amide bonds. The fourth-order valence-electron chi connectivity index (χ4n) is 2.97. The van der Waals surface area contributed by atoms with E-state index in [-0.39, 0.29) is 5.78 Å². The van der Waals surface area contributed by atoms with Crippen molar-refractivity contribution in [1.82, 2.24) is 9.55 Å². The molecule has 0 bridgehead atoms. The number of carbonyl (C=O) groups is 2. The number of ketones is 1. The Morgan fingerprint density at radius 3 is 2.37 bits per heavy atom. The third-order valence-electron chi connectivity index (χ3n) is 5.21. The number of aromatic nitrogens is 2. The normalized spacial score (nSPS) is 11.7. The smallest absolute Gasteiger partial charge is 0.309 e. The fourth-order valence-corrected chi connectivity index (χ4v) is 2.97. The van der Waals surface area contributed by atoms with E-state index in [0.29, 0.717) is 24.2 Å². The molecule has 5 nitrogen and oxygen atoms in total. The summed E-state index contributed by atoms with van der Waals surface area (Å²) in [5.74, 6) is -0.540. The van der Waals surface area contributed by atoms with Crippen LogP contribution in [0.15, 0.2) is 60.9 Å². The molecule has 3 rings (SSSR count). The number of rotatable bonds is 8. The van der Waals surface area contributed by atoms with Crippen LogP contribution in [-0.2, 0) is 11.2 Å². The summed E-state index contributed by atoms with van der Waals surface area (Å²) in [5.41, 5.74) is 3.05. The van der Waals surface area contributed by atoms with Gasteiger partial charge in [-0.3, -0.25) is 9.59 Å². The summed E-state index contributed by atoms with van der Waals surface area (Å²) in [6.07, 6.45) is 8.38. The standard InChI is InChI=1S/C25H26N2O3/c1-18-4-10-21(11-5-18)22(28)23-26-15-17-27(23)16-13-20-8-6-19(7-9-20)12-14-25(2,3)24(29)30/h4-11,13,15-17H,12,14H2,1-3H3,(H,29,30)/b16-13+. The molecular formula is C25H26N2O3. The molecule has 2 aromatic carbocycles. The van der Waals surface area contributed by atoms with E-state index in [1.807, 2.05) is 67.7 Å². The summed E-state index contributed by atoms with van der Waals surface area (Å²) < 4.78 is 1.71. The molecule has 0 radical (unpaired) electrons. The first-order valence-electron chi connectivity index (χ1n) is 9.91. The monoisotopic (exact) mass is 402 g/mol. The van der Waals surface area contributed by atoms with Crippen molar-refractivity contribution in [2.24, 2.45) is 5.41 Å². The first-order chi connectivity index (χ1) is 14.3. The van der Waals surface area contributed by atoms with Crippen LogP contribution in [0.5, 0.6) is 0 Å². The number of benzene rings is 2. The molecule has 5 heteroatoms. The maximum absolute atomic E-state index is 12.7. The van der Waals surface area contributed by atoms with Crippen molar-refractivity contribution in [3.63, 3.8) is 0 Å². The molecule has 154 valence electrons. The Morgan fingerprint density at radius 1 is 1.07 bits per heavy atom. The number of nitrogens with zero attached hydrogens (tertiary/aromatic N) is 2. The predicted octanol–water partition coefficient (Wildman–Crippen LogP) is 5.09. The van der Waals surface area contributed by atoms with E-state index in [2.05, 4.69) is 4.98 Å². The maximum Gasteiger partial charge on any atom is 0.309 e. The van der Waals surface area contributed by atoms with Crippen LogP contribution in [0.1, 0.15) is 53.1 Å². The Bertz CT molecular complexity index is 1060. The molecular weight excluding hydrogens is 376 g/mol. The molecule has 1 heterocycles. The van der Waals surface area contributed by atoms with Gasteiger partial charge in [-0.1, -0.05) is 54.1 Å². The topological polar surface area (TPSA) is 72.2 Å². The Morgan fingerprint density at radius 2 is 1.73 bits per heavy atom. The molecule has 0 aliphatic carbocycles. The molecule has 1 aromatic heterocycles. The van der Waals surface area contributed by atoms with Gasteiger partial charge in [0.2, 0.25) is 5.78 Å². The minimum Gasteiger partial charge on any atom is -0.481 e. The third kappa shape index (κ3) is 5.11. The molecule has 1 N–H and O–H groups in total. The van der Waals surface area contributed by atoms with Crippen molar-refractivity contribution in [3.05, 3.63) is 89.0 Å². The number of imidazole rings is 1. The Labute approximate surface area is 176 Å². The van der Waals surface area contributed by atoms with Crippen LogP contribution in [0.2, 0.25) is 0 Å². The molecule has 0 saturated heterocycles. The van der Waals surface area contributed by atoms with E-state index in [1.54, 1.807) is 30.8 Å². The van der Waals surface area contributed by atoms with Crippen molar-refractivity contribution in [2.45, 2.75) is 33.6 Å². The number of hydrogen-bond acceptors (Lipinski definition) is 3. The second-order valence-corrected chi connectivity index (χ2v) is 8.10. The fraction of sp³-hybridized carbons (Fsp3) is 0.240. The quantitative estimate of drug-likeness (QED) is 0.533. The van der Waals surface area contributed by atoms with Gasteiger partial charge in [0, 0.05) is 24.2 Å². The van der Waals surface area contributed by atoms with Crippen LogP contribution in [0, 0.1) is 12.3 Å². The van der Waals surface area contributed by atoms with Gasteiger partial charge in [-0.25, -0.2) is 4.98 Å². The maximum atomic E-state index is 12.7. The Balaban J connectivity index is 1.68. The van der Waals surface area contributed by atoms with Gasteiger partial charge in [0.15, 0.2) is 5.82 Å². The van der Waals surface area contributed by atoms with Crippen molar-refractivity contribution >= 4 is 24.0 Å². The highest BCUT2D eigenvalue weighted by Crippen LogP contribution is 2.23. The zero-order valence-corrected chi connectivity index (χ0v) is 17.5. The highest BCUT2D eigenvalue weighted by molar-refractivity contribution is 6.07. The zero-order chi connectivity index (χ0) is 21.7. The Kier molecular flexibility index (Phi) is 6.31. The summed E-state index contributed by atoms with van der Waals surface area (Å²) in [4.78, 5) is 28.2. The molecule has 3 aromatic rings. The summed E-state index contributed by atoms with van der Waals surface area (Å²) in [6, 6.07) is 15.4.